The van der Waals surface area contributed by atoms with Crippen molar-refractivity contribution in [3.63, 3.8) is 0 Å². The molecule has 1 aromatic carbocycles. The Hall–Kier alpha value is -2.69. The molecule has 0 fully saturated rings. The molecule has 0 aliphatic heterocycles. The van der Waals surface area contributed by atoms with E-state index >= 15 is 0 Å². The van der Waals surface area contributed by atoms with E-state index in [2.05, 4.69) is 4.99 Å². The average Bonchev–Trinajstić information content (AvgIpc) is 2.94. The Bertz CT molecular complexity index is 644. The number of furan rings is 1. The van der Waals surface area contributed by atoms with Crippen molar-refractivity contribution >= 4 is 24.1 Å². The molecular weight excluding hydrogens is 256 g/mol. The van der Waals surface area contributed by atoms with E-state index in [4.69, 9.17) is 14.6 Å². The molecule has 0 aliphatic rings. The first-order valence-electron chi connectivity index (χ1n) is 6.14. The Labute approximate surface area is 116 Å². The number of esters is 1. The van der Waals surface area contributed by atoms with E-state index in [9.17, 15) is 4.79 Å². The predicted octanol–water partition coefficient (Wildman–Crippen LogP) is 3.20. The lowest BCUT2D eigenvalue weighted by Crippen LogP contribution is -2.03. The van der Waals surface area contributed by atoms with Gasteiger partial charge in [-0.25, -0.2) is 4.79 Å². The maximum Gasteiger partial charge on any atom is 0.338 e. The lowest BCUT2D eigenvalue weighted by atomic mass is 10.2. The van der Waals surface area contributed by atoms with Crippen molar-refractivity contribution in [3.05, 3.63) is 53.5 Å². The molecule has 5 nitrogen and oxygen atoms in total. The monoisotopic (exact) mass is 270 g/mol. The minimum atomic E-state index is -0.367. The van der Waals surface area contributed by atoms with Gasteiger partial charge in [-0.15, -0.1) is 0 Å². The lowest BCUT2D eigenvalue weighted by molar-refractivity contribution is 0.0526. The van der Waals surface area contributed by atoms with E-state index in [0.717, 1.165) is 6.21 Å². The number of aliphatic imine (C=N–C) groups is 1. The van der Waals surface area contributed by atoms with Crippen LogP contribution in [-0.4, -0.2) is 25.0 Å². The van der Waals surface area contributed by atoms with Crippen molar-refractivity contribution in [1.29, 1.82) is 5.41 Å². The zero-order valence-corrected chi connectivity index (χ0v) is 11.0. The van der Waals surface area contributed by atoms with Gasteiger partial charge in [0, 0.05) is 0 Å². The molecule has 0 bridgehead atoms. The molecule has 20 heavy (non-hydrogen) atoms. The molecule has 0 radical (unpaired) electrons. The first kappa shape index (κ1) is 13.7. The van der Waals surface area contributed by atoms with Crippen LogP contribution in [-0.2, 0) is 4.74 Å². The molecule has 0 spiro atoms. The number of rotatable bonds is 5. The number of carbonyl (C=O) groups excluding carboxylic acids is 1. The Morgan fingerprint density at radius 2 is 2.15 bits per heavy atom. The summed E-state index contributed by atoms with van der Waals surface area (Å²) in [6.07, 6.45) is 2.66. The van der Waals surface area contributed by atoms with Gasteiger partial charge in [0.05, 0.1) is 30.3 Å². The number of ether oxygens (including phenoxy) is 1. The molecule has 2 rings (SSSR count). The van der Waals surface area contributed by atoms with E-state index in [1.54, 1.807) is 43.3 Å². The molecule has 0 atom stereocenters. The molecule has 0 aliphatic carbocycles. The van der Waals surface area contributed by atoms with Crippen LogP contribution < -0.4 is 0 Å². The highest BCUT2D eigenvalue weighted by Crippen LogP contribution is 2.15. The maximum absolute atomic E-state index is 11.6. The summed E-state index contributed by atoms with van der Waals surface area (Å²) in [7, 11) is 0. The van der Waals surface area contributed by atoms with Gasteiger partial charge in [0.2, 0.25) is 0 Å². The van der Waals surface area contributed by atoms with Crippen molar-refractivity contribution < 1.29 is 13.9 Å². The second kappa shape index (κ2) is 6.47. The zero-order chi connectivity index (χ0) is 14.4. The Morgan fingerprint density at radius 3 is 2.85 bits per heavy atom. The predicted molar refractivity (Wildman–Crippen MR) is 76.2 cm³/mol. The van der Waals surface area contributed by atoms with E-state index in [-0.39, 0.29) is 5.97 Å². The first-order chi connectivity index (χ1) is 9.72. The summed E-state index contributed by atoms with van der Waals surface area (Å²) in [6.45, 7) is 2.10. The molecule has 2 aromatic rings. The average molecular weight is 270 g/mol. The highest BCUT2D eigenvalue weighted by Gasteiger charge is 2.06. The number of nitrogens with zero attached hydrogens (tertiary/aromatic N) is 1. The van der Waals surface area contributed by atoms with Crippen LogP contribution in [0, 0.1) is 5.41 Å². The molecule has 0 amide bonds. The SMILES string of the molecule is CCOC(=O)c1cccc(N=Cc2ccc(C=N)o2)c1. The van der Waals surface area contributed by atoms with Crippen molar-refractivity contribution in [3.8, 4) is 0 Å². The number of nitrogens with one attached hydrogen (secondary N) is 1. The normalized spacial score (nSPS) is 10.7. The van der Waals surface area contributed by atoms with Crippen LogP contribution in [0.15, 0.2) is 45.8 Å². The van der Waals surface area contributed by atoms with Crippen molar-refractivity contribution in [2.75, 3.05) is 6.61 Å². The molecule has 1 N–H and O–H groups in total. The second-order valence-electron chi connectivity index (χ2n) is 3.91. The largest absolute Gasteiger partial charge is 0.462 e. The van der Waals surface area contributed by atoms with Gasteiger partial charge in [0.15, 0.2) is 0 Å². The maximum atomic E-state index is 11.6. The van der Waals surface area contributed by atoms with Crippen molar-refractivity contribution in [1.82, 2.24) is 0 Å². The van der Waals surface area contributed by atoms with Gasteiger partial charge in [0.25, 0.3) is 0 Å². The highest BCUT2D eigenvalue weighted by molar-refractivity contribution is 5.90. The first-order valence-corrected chi connectivity index (χ1v) is 6.14. The number of hydrogen-bond acceptors (Lipinski definition) is 5. The lowest BCUT2D eigenvalue weighted by Gasteiger charge is -2.01. The standard InChI is InChI=1S/C15H14N2O3/c1-2-19-15(18)11-4-3-5-12(8-11)17-10-14-7-6-13(9-16)20-14/h3-10,16H,2H2,1H3. The van der Waals surface area contributed by atoms with E-state index in [1.807, 2.05) is 0 Å². The van der Waals surface area contributed by atoms with Crippen LogP contribution in [0.1, 0.15) is 28.8 Å². The third-order valence-corrected chi connectivity index (χ3v) is 2.49. The molecule has 1 heterocycles. The summed E-state index contributed by atoms with van der Waals surface area (Å²) in [4.78, 5) is 15.8. The number of benzene rings is 1. The van der Waals surface area contributed by atoms with Gasteiger partial charge in [-0.3, -0.25) is 4.99 Å². The fourth-order valence-electron chi connectivity index (χ4n) is 1.58. The van der Waals surface area contributed by atoms with Crippen LogP contribution in [0.4, 0.5) is 5.69 Å². The highest BCUT2D eigenvalue weighted by atomic mass is 16.5. The van der Waals surface area contributed by atoms with E-state index < -0.39 is 0 Å². The van der Waals surface area contributed by atoms with Gasteiger partial charge in [-0.2, -0.15) is 0 Å². The van der Waals surface area contributed by atoms with Crippen LogP contribution in [0.5, 0.6) is 0 Å². The molecule has 1 aromatic heterocycles. The van der Waals surface area contributed by atoms with Crippen molar-refractivity contribution in [2.45, 2.75) is 6.92 Å². The van der Waals surface area contributed by atoms with Gasteiger partial charge >= 0.3 is 5.97 Å². The summed E-state index contributed by atoms with van der Waals surface area (Å²) in [6, 6.07) is 10.2. The smallest absolute Gasteiger partial charge is 0.338 e. The summed E-state index contributed by atoms with van der Waals surface area (Å²) in [5, 5.41) is 7.05. The molecular formula is C15H14N2O3. The van der Waals surface area contributed by atoms with Crippen LogP contribution in [0.25, 0.3) is 0 Å². The van der Waals surface area contributed by atoms with Gasteiger partial charge in [-0.1, -0.05) is 6.07 Å². The fraction of sp³-hybridized carbons (Fsp3) is 0.133. The number of carbonyl (C=O) groups is 1. The van der Waals surface area contributed by atoms with Crippen LogP contribution in [0.2, 0.25) is 0 Å². The molecule has 102 valence electrons. The summed E-state index contributed by atoms with van der Waals surface area (Å²) >= 11 is 0. The second-order valence-corrected chi connectivity index (χ2v) is 3.91. The Kier molecular flexibility index (Phi) is 4.44. The quantitative estimate of drug-likeness (QED) is 0.669. The van der Waals surface area contributed by atoms with Crippen LogP contribution >= 0.6 is 0 Å². The molecule has 0 saturated heterocycles. The fourth-order valence-corrected chi connectivity index (χ4v) is 1.58. The minimum Gasteiger partial charge on any atom is -0.462 e. The van der Waals surface area contributed by atoms with E-state index in [1.165, 1.54) is 6.21 Å². The van der Waals surface area contributed by atoms with Crippen molar-refractivity contribution in [2.24, 2.45) is 4.99 Å². The molecule has 0 saturated carbocycles. The van der Waals surface area contributed by atoms with Gasteiger partial charge in [-0.05, 0) is 37.3 Å². The third-order valence-electron chi connectivity index (χ3n) is 2.49. The van der Waals surface area contributed by atoms with Gasteiger partial charge < -0.3 is 14.6 Å². The van der Waals surface area contributed by atoms with E-state index in [0.29, 0.717) is 29.4 Å². The molecule has 5 heteroatoms. The topological polar surface area (TPSA) is 75.7 Å². The summed E-state index contributed by atoms with van der Waals surface area (Å²) in [5.41, 5.74) is 1.09. The summed E-state index contributed by atoms with van der Waals surface area (Å²) in [5.74, 6) is 0.644. The number of hydrogen-bond donors (Lipinski definition) is 1. The summed E-state index contributed by atoms with van der Waals surface area (Å²) < 4.78 is 10.2. The third kappa shape index (κ3) is 3.41. The Balaban J connectivity index is 2.14. The van der Waals surface area contributed by atoms with Gasteiger partial charge in [0.1, 0.15) is 11.5 Å². The molecule has 0 unspecified atom stereocenters. The Morgan fingerprint density at radius 1 is 1.35 bits per heavy atom. The minimum absolute atomic E-state index is 0.338. The van der Waals surface area contributed by atoms with Crippen LogP contribution in [0.3, 0.4) is 0 Å². The zero-order valence-electron chi connectivity index (χ0n) is 11.0.